The number of rotatable bonds is 6. The van der Waals surface area contributed by atoms with E-state index in [0.29, 0.717) is 44.3 Å². The summed E-state index contributed by atoms with van der Waals surface area (Å²) in [6.45, 7) is 8.19. The van der Waals surface area contributed by atoms with Gasteiger partial charge in [0.1, 0.15) is 6.61 Å². The van der Waals surface area contributed by atoms with E-state index in [1.807, 2.05) is 33.8 Å². The van der Waals surface area contributed by atoms with Crippen molar-refractivity contribution >= 4 is 5.91 Å². The maximum absolute atomic E-state index is 13.6. The van der Waals surface area contributed by atoms with Crippen molar-refractivity contribution in [1.29, 1.82) is 0 Å². The molecular formula is C22H31N5O4. The number of ether oxygens (including phenoxy) is 3. The Bertz CT molecular complexity index is 917. The largest absolute Gasteiger partial charge is 0.493 e. The van der Waals surface area contributed by atoms with Crippen molar-refractivity contribution in [2.24, 2.45) is 5.41 Å². The average Bonchev–Trinajstić information content (AvgIpc) is 3.34. The van der Waals surface area contributed by atoms with Crippen molar-refractivity contribution < 1.29 is 19.0 Å². The van der Waals surface area contributed by atoms with Crippen LogP contribution in [-0.2, 0) is 15.1 Å². The van der Waals surface area contributed by atoms with E-state index in [1.165, 1.54) is 0 Å². The maximum atomic E-state index is 13.6. The number of benzene rings is 1. The number of hydrogen-bond donors (Lipinski definition) is 0. The minimum Gasteiger partial charge on any atom is -0.493 e. The third-order valence-corrected chi connectivity index (χ3v) is 6.21. The van der Waals surface area contributed by atoms with Crippen molar-refractivity contribution in [3.8, 4) is 11.5 Å². The molecule has 4 rings (SSSR count). The third kappa shape index (κ3) is 4.11. The van der Waals surface area contributed by atoms with Crippen LogP contribution in [0.2, 0.25) is 0 Å². The molecule has 1 aromatic heterocycles. The molecule has 0 bridgehead atoms. The first-order chi connectivity index (χ1) is 14.9. The molecule has 9 nitrogen and oxygen atoms in total. The molecule has 2 fully saturated rings. The summed E-state index contributed by atoms with van der Waals surface area (Å²) in [7, 11) is 1.61. The van der Waals surface area contributed by atoms with Gasteiger partial charge in [-0.1, -0.05) is 12.1 Å². The molecule has 1 spiro atoms. The first-order valence-electron chi connectivity index (χ1n) is 10.8. The average molecular weight is 430 g/mol. The Morgan fingerprint density at radius 2 is 1.90 bits per heavy atom. The first-order valence-corrected chi connectivity index (χ1v) is 10.8. The highest BCUT2D eigenvalue weighted by Gasteiger charge is 2.54. The normalized spacial score (nSPS) is 21.0. The van der Waals surface area contributed by atoms with Gasteiger partial charge in [-0.05, 0) is 62.6 Å². The number of tetrazole rings is 1. The quantitative estimate of drug-likeness (QED) is 0.697. The summed E-state index contributed by atoms with van der Waals surface area (Å²) in [4.78, 5) is 15.5. The second-order valence-corrected chi connectivity index (χ2v) is 9.23. The summed E-state index contributed by atoms with van der Waals surface area (Å²) in [5.74, 6) is 2.20. The number of methoxy groups -OCH3 is 1. The highest BCUT2D eigenvalue weighted by Crippen LogP contribution is 2.49. The fourth-order valence-corrected chi connectivity index (χ4v) is 4.55. The Hall–Kier alpha value is -2.68. The van der Waals surface area contributed by atoms with Crippen LogP contribution in [0.4, 0.5) is 0 Å². The van der Waals surface area contributed by atoms with Gasteiger partial charge in [0.15, 0.2) is 17.3 Å². The molecule has 1 aromatic carbocycles. The molecule has 31 heavy (non-hydrogen) atoms. The Balaban J connectivity index is 1.58. The van der Waals surface area contributed by atoms with Crippen LogP contribution >= 0.6 is 0 Å². The van der Waals surface area contributed by atoms with Gasteiger partial charge in [0.25, 0.3) is 0 Å². The molecule has 2 saturated heterocycles. The van der Waals surface area contributed by atoms with E-state index < -0.39 is 5.41 Å². The van der Waals surface area contributed by atoms with Gasteiger partial charge in [-0.25, -0.2) is 4.68 Å². The van der Waals surface area contributed by atoms with Gasteiger partial charge >= 0.3 is 0 Å². The summed E-state index contributed by atoms with van der Waals surface area (Å²) in [5, 5.41) is 12.5. The maximum Gasteiger partial charge on any atom is 0.229 e. The van der Waals surface area contributed by atoms with Crippen LogP contribution in [0.1, 0.15) is 51.9 Å². The zero-order chi connectivity index (χ0) is 22.1. The number of aromatic nitrogens is 4. The zero-order valence-corrected chi connectivity index (χ0v) is 18.7. The summed E-state index contributed by atoms with van der Waals surface area (Å²) < 4.78 is 18.7. The smallest absolute Gasteiger partial charge is 0.229 e. The molecule has 0 N–H and O–H groups in total. The van der Waals surface area contributed by atoms with E-state index in [0.717, 1.165) is 18.7 Å². The minimum atomic E-state index is -0.415. The topological polar surface area (TPSA) is 91.6 Å². The molecule has 1 amide bonds. The van der Waals surface area contributed by atoms with Crippen molar-refractivity contribution in [2.75, 3.05) is 33.5 Å². The first kappa shape index (κ1) is 21.5. The van der Waals surface area contributed by atoms with Crippen molar-refractivity contribution in [3.05, 3.63) is 30.1 Å². The molecule has 1 unspecified atom stereocenters. The summed E-state index contributed by atoms with van der Waals surface area (Å²) in [6, 6.07) is 7.32. The van der Waals surface area contributed by atoms with Gasteiger partial charge in [-0.2, -0.15) is 0 Å². The highest BCUT2D eigenvalue weighted by molar-refractivity contribution is 5.85. The summed E-state index contributed by atoms with van der Waals surface area (Å²) >= 11 is 0. The lowest BCUT2D eigenvalue weighted by Crippen LogP contribution is -2.40. The monoisotopic (exact) mass is 429 g/mol. The molecule has 0 aliphatic carbocycles. The van der Waals surface area contributed by atoms with Crippen LogP contribution < -0.4 is 9.47 Å². The lowest BCUT2D eigenvalue weighted by atomic mass is 9.77. The molecule has 1 atom stereocenters. The van der Waals surface area contributed by atoms with Crippen molar-refractivity contribution in [2.45, 2.75) is 51.6 Å². The van der Waals surface area contributed by atoms with Crippen LogP contribution in [0, 0.1) is 5.41 Å². The predicted molar refractivity (Wildman–Crippen MR) is 113 cm³/mol. The van der Waals surface area contributed by atoms with Gasteiger partial charge in [-0.3, -0.25) is 4.79 Å². The van der Waals surface area contributed by atoms with Crippen LogP contribution in [0.25, 0.3) is 0 Å². The van der Waals surface area contributed by atoms with Gasteiger partial charge in [0.05, 0.1) is 30.7 Å². The van der Waals surface area contributed by atoms with E-state index >= 15 is 0 Å². The Labute approximate surface area is 182 Å². The lowest BCUT2D eigenvalue weighted by molar-refractivity contribution is -0.141. The molecule has 2 aliphatic heterocycles. The summed E-state index contributed by atoms with van der Waals surface area (Å²) in [6.07, 6.45) is 2.15. The number of carbonyl (C=O) groups excluding carboxylic acids is 1. The van der Waals surface area contributed by atoms with Crippen LogP contribution in [0.3, 0.4) is 0 Å². The van der Waals surface area contributed by atoms with E-state index in [1.54, 1.807) is 7.11 Å². The zero-order valence-electron chi connectivity index (χ0n) is 18.7. The van der Waals surface area contributed by atoms with Crippen LogP contribution in [0.5, 0.6) is 11.5 Å². The summed E-state index contributed by atoms with van der Waals surface area (Å²) in [5.41, 5.74) is -0.700. The third-order valence-electron chi connectivity index (χ3n) is 6.21. The Kier molecular flexibility index (Phi) is 5.88. The highest BCUT2D eigenvalue weighted by atomic mass is 16.5. The van der Waals surface area contributed by atoms with E-state index in [9.17, 15) is 4.79 Å². The predicted octanol–water partition coefficient (Wildman–Crippen LogP) is 2.59. The molecular weight excluding hydrogens is 398 g/mol. The SMILES string of the molecule is COc1ccccc1OCCN1C(=O)C2(CCOCC2)CC1c1nnnn1C(C)(C)C. The number of para-hydroxylation sites is 2. The number of likely N-dealkylation sites (tertiary alicyclic amines) is 1. The molecule has 2 aliphatic rings. The van der Waals surface area contributed by atoms with E-state index in [4.69, 9.17) is 14.2 Å². The fourth-order valence-electron chi connectivity index (χ4n) is 4.55. The van der Waals surface area contributed by atoms with Gasteiger partial charge < -0.3 is 19.1 Å². The van der Waals surface area contributed by atoms with Crippen molar-refractivity contribution in [1.82, 2.24) is 25.1 Å². The number of carbonyl (C=O) groups is 1. The number of amides is 1. The second kappa shape index (κ2) is 8.45. The molecule has 0 radical (unpaired) electrons. The van der Waals surface area contributed by atoms with Gasteiger partial charge in [0, 0.05) is 13.2 Å². The van der Waals surface area contributed by atoms with Gasteiger partial charge in [0.2, 0.25) is 5.91 Å². The van der Waals surface area contributed by atoms with Crippen molar-refractivity contribution in [3.63, 3.8) is 0 Å². The molecule has 3 heterocycles. The molecule has 2 aromatic rings. The van der Waals surface area contributed by atoms with E-state index in [2.05, 4.69) is 36.3 Å². The fraction of sp³-hybridized carbons (Fsp3) is 0.636. The van der Waals surface area contributed by atoms with E-state index in [-0.39, 0.29) is 17.5 Å². The standard InChI is InChI=1S/C22H31N5O4/c1-21(2,3)27-19(23-24-25-27)16-15-22(9-12-30-13-10-22)20(28)26(16)11-14-31-18-8-6-5-7-17(18)29-4/h5-8,16H,9-15H2,1-4H3. The second-order valence-electron chi connectivity index (χ2n) is 9.23. The molecule has 168 valence electrons. The number of hydrogen-bond acceptors (Lipinski definition) is 7. The minimum absolute atomic E-state index is 0.146. The molecule has 9 heteroatoms. The van der Waals surface area contributed by atoms with Gasteiger partial charge in [-0.15, -0.1) is 5.10 Å². The molecule has 0 saturated carbocycles. The van der Waals surface area contributed by atoms with Crippen LogP contribution in [0.15, 0.2) is 24.3 Å². The van der Waals surface area contributed by atoms with Crippen LogP contribution in [-0.4, -0.2) is 64.5 Å². The lowest BCUT2D eigenvalue weighted by Gasteiger charge is -2.31. The Morgan fingerprint density at radius 3 is 2.58 bits per heavy atom. The Morgan fingerprint density at radius 1 is 1.19 bits per heavy atom. The number of nitrogens with zero attached hydrogens (tertiary/aromatic N) is 5.